The van der Waals surface area contributed by atoms with E-state index in [9.17, 15) is 4.79 Å². The van der Waals surface area contributed by atoms with Crippen LogP contribution in [0.25, 0.3) is 0 Å². The zero-order chi connectivity index (χ0) is 19.2. The number of nitrogens with zero attached hydrogens (tertiary/aromatic N) is 3. The summed E-state index contributed by atoms with van der Waals surface area (Å²) in [6.07, 6.45) is 2.92. The van der Waals surface area contributed by atoms with E-state index >= 15 is 0 Å². The Kier molecular flexibility index (Phi) is 5.43. The van der Waals surface area contributed by atoms with E-state index in [1.165, 1.54) is 18.0 Å². The third-order valence-electron chi connectivity index (χ3n) is 4.00. The summed E-state index contributed by atoms with van der Waals surface area (Å²) in [6.45, 7) is 4.24. The first-order chi connectivity index (χ1) is 13.0. The summed E-state index contributed by atoms with van der Waals surface area (Å²) >= 11 is 0. The molecule has 0 saturated heterocycles. The minimum Gasteiger partial charge on any atom is -0.324 e. The number of benzene rings is 2. The Hall–Kier alpha value is -3.72. The van der Waals surface area contributed by atoms with E-state index in [0.717, 1.165) is 5.69 Å². The maximum absolute atomic E-state index is 12.3. The fourth-order valence-corrected chi connectivity index (χ4v) is 2.46. The molecule has 0 aliphatic rings. The Balaban J connectivity index is 1.65. The molecule has 0 saturated carbocycles. The lowest BCUT2D eigenvalue weighted by Gasteiger charge is -2.09. The molecule has 0 atom stereocenters. The van der Waals surface area contributed by atoms with Gasteiger partial charge in [0.2, 0.25) is 5.95 Å². The minimum absolute atomic E-state index is 0.273. The molecule has 0 bridgehead atoms. The minimum atomic E-state index is -0.273. The van der Waals surface area contributed by atoms with E-state index in [1.54, 1.807) is 18.2 Å². The van der Waals surface area contributed by atoms with Gasteiger partial charge >= 0.3 is 0 Å². The molecule has 2 aromatic carbocycles. The van der Waals surface area contributed by atoms with Gasteiger partial charge in [-0.2, -0.15) is 5.26 Å². The molecule has 0 spiro atoms. The molecular formula is C21H19N5O. The van der Waals surface area contributed by atoms with Crippen molar-refractivity contribution in [2.24, 2.45) is 0 Å². The SMILES string of the molecule is CC(C)c1ccc(NC(=O)c2cnc(Nc3cccc(C#N)c3)nc2)cc1. The van der Waals surface area contributed by atoms with Crippen LogP contribution in [0.1, 0.15) is 41.3 Å². The van der Waals surface area contributed by atoms with E-state index in [0.29, 0.717) is 28.7 Å². The van der Waals surface area contributed by atoms with Gasteiger partial charge in [0.05, 0.1) is 17.2 Å². The van der Waals surface area contributed by atoms with Crippen molar-refractivity contribution in [1.82, 2.24) is 9.97 Å². The molecule has 2 N–H and O–H groups in total. The number of nitrogens with one attached hydrogen (secondary N) is 2. The molecule has 0 aliphatic carbocycles. The van der Waals surface area contributed by atoms with Crippen LogP contribution >= 0.6 is 0 Å². The average molecular weight is 357 g/mol. The maximum atomic E-state index is 12.3. The van der Waals surface area contributed by atoms with Gasteiger partial charge < -0.3 is 10.6 Å². The second kappa shape index (κ2) is 8.11. The van der Waals surface area contributed by atoms with Crippen molar-refractivity contribution in [3.63, 3.8) is 0 Å². The van der Waals surface area contributed by atoms with Gasteiger partial charge in [0.25, 0.3) is 5.91 Å². The van der Waals surface area contributed by atoms with Crippen molar-refractivity contribution in [2.75, 3.05) is 10.6 Å². The molecule has 3 rings (SSSR count). The fraction of sp³-hybridized carbons (Fsp3) is 0.143. The zero-order valence-corrected chi connectivity index (χ0v) is 15.1. The van der Waals surface area contributed by atoms with Crippen LogP contribution in [0.15, 0.2) is 60.9 Å². The van der Waals surface area contributed by atoms with E-state index in [-0.39, 0.29) is 5.91 Å². The molecule has 0 radical (unpaired) electrons. The highest BCUT2D eigenvalue weighted by atomic mass is 16.1. The maximum Gasteiger partial charge on any atom is 0.258 e. The van der Waals surface area contributed by atoms with E-state index in [1.807, 2.05) is 30.3 Å². The molecule has 0 unspecified atom stereocenters. The number of hydrogen-bond donors (Lipinski definition) is 2. The zero-order valence-electron chi connectivity index (χ0n) is 15.1. The predicted molar refractivity (Wildman–Crippen MR) is 105 cm³/mol. The van der Waals surface area contributed by atoms with Crippen molar-refractivity contribution in [3.8, 4) is 6.07 Å². The van der Waals surface area contributed by atoms with Crippen LogP contribution in [0.4, 0.5) is 17.3 Å². The number of rotatable bonds is 5. The monoisotopic (exact) mass is 357 g/mol. The standard InChI is InChI=1S/C21H19N5O/c1-14(2)16-6-8-18(9-7-16)25-20(27)17-12-23-21(24-13-17)26-19-5-3-4-15(10-19)11-22/h3-10,12-14H,1-2H3,(H,25,27)(H,23,24,26). The Morgan fingerprint density at radius 2 is 1.74 bits per heavy atom. The lowest BCUT2D eigenvalue weighted by Crippen LogP contribution is -2.13. The number of hydrogen-bond acceptors (Lipinski definition) is 5. The number of nitriles is 1. The van der Waals surface area contributed by atoms with Crippen LogP contribution in [0.5, 0.6) is 0 Å². The van der Waals surface area contributed by atoms with Gasteiger partial charge in [0.1, 0.15) is 0 Å². The van der Waals surface area contributed by atoms with Crippen LogP contribution in [-0.4, -0.2) is 15.9 Å². The largest absolute Gasteiger partial charge is 0.324 e. The molecule has 0 aliphatic heterocycles. The molecule has 134 valence electrons. The normalized spacial score (nSPS) is 10.3. The summed E-state index contributed by atoms with van der Waals surface area (Å²) in [5, 5.41) is 14.8. The van der Waals surface area contributed by atoms with Crippen LogP contribution < -0.4 is 10.6 Å². The number of carbonyl (C=O) groups is 1. The second-order valence-corrected chi connectivity index (χ2v) is 6.34. The smallest absolute Gasteiger partial charge is 0.258 e. The molecule has 6 nitrogen and oxygen atoms in total. The summed E-state index contributed by atoms with van der Waals surface area (Å²) in [5.41, 5.74) is 3.54. The Labute approximate surface area is 157 Å². The molecule has 6 heteroatoms. The first-order valence-corrected chi connectivity index (χ1v) is 8.55. The van der Waals surface area contributed by atoms with Crippen molar-refractivity contribution in [1.29, 1.82) is 5.26 Å². The first kappa shape index (κ1) is 18.1. The lowest BCUT2D eigenvalue weighted by molar-refractivity contribution is 0.102. The molecule has 1 aromatic heterocycles. The van der Waals surface area contributed by atoms with Crippen LogP contribution in [0.3, 0.4) is 0 Å². The van der Waals surface area contributed by atoms with Gasteiger partial charge in [-0.15, -0.1) is 0 Å². The van der Waals surface area contributed by atoms with Crippen LogP contribution in [-0.2, 0) is 0 Å². The quantitative estimate of drug-likeness (QED) is 0.703. The number of aromatic nitrogens is 2. The molecular weight excluding hydrogens is 338 g/mol. The molecule has 1 amide bonds. The van der Waals surface area contributed by atoms with Crippen molar-refractivity contribution < 1.29 is 4.79 Å². The van der Waals surface area contributed by atoms with Gasteiger partial charge in [-0.25, -0.2) is 9.97 Å². The van der Waals surface area contributed by atoms with Crippen molar-refractivity contribution in [2.45, 2.75) is 19.8 Å². The van der Waals surface area contributed by atoms with Gasteiger partial charge in [0.15, 0.2) is 0 Å². The van der Waals surface area contributed by atoms with Crippen LogP contribution in [0, 0.1) is 11.3 Å². The van der Waals surface area contributed by atoms with E-state index < -0.39 is 0 Å². The Bertz CT molecular complexity index is 973. The van der Waals surface area contributed by atoms with Crippen LogP contribution in [0.2, 0.25) is 0 Å². The van der Waals surface area contributed by atoms with Crippen molar-refractivity contribution >= 4 is 23.2 Å². The fourth-order valence-electron chi connectivity index (χ4n) is 2.46. The second-order valence-electron chi connectivity index (χ2n) is 6.34. The molecule has 27 heavy (non-hydrogen) atoms. The predicted octanol–water partition coefficient (Wildman–Crippen LogP) is 4.47. The molecule has 0 fully saturated rings. The first-order valence-electron chi connectivity index (χ1n) is 8.55. The summed E-state index contributed by atoms with van der Waals surface area (Å²) in [5.74, 6) is 0.519. The third kappa shape index (κ3) is 4.67. The van der Waals surface area contributed by atoms with Gasteiger partial charge in [-0.1, -0.05) is 32.0 Å². The van der Waals surface area contributed by atoms with Gasteiger partial charge in [-0.3, -0.25) is 4.79 Å². The van der Waals surface area contributed by atoms with Gasteiger partial charge in [0, 0.05) is 23.8 Å². The number of carbonyl (C=O) groups excluding carboxylic acids is 1. The highest BCUT2D eigenvalue weighted by Gasteiger charge is 2.08. The Morgan fingerprint density at radius 1 is 1.04 bits per heavy atom. The van der Waals surface area contributed by atoms with E-state index in [4.69, 9.17) is 5.26 Å². The number of amides is 1. The summed E-state index contributed by atoms with van der Waals surface area (Å²) in [4.78, 5) is 20.7. The Morgan fingerprint density at radius 3 is 2.37 bits per heavy atom. The number of anilines is 3. The lowest BCUT2D eigenvalue weighted by atomic mass is 10.0. The highest BCUT2D eigenvalue weighted by molar-refractivity contribution is 6.03. The summed E-state index contributed by atoms with van der Waals surface area (Å²) in [6, 6.07) is 16.8. The van der Waals surface area contributed by atoms with Crippen molar-refractivity contribution in [3.05, 3.63) is 77.6 Å². The third-order valence-corrected chi connectivity index (χ3v) is 4.00. The average Bonchev–Trinajstić information content (AvgIpc) is 2.69. The topological polar surface area (TPSA) is 90.7 Å². The highest BCUT2D eigenvalue weighted by Crippen LogP contribution is 2.18. The van der Waals surface area contributed by atoms with Gasteiger partial charge in [-0.05, 0) is 41.8 Å². The molecule has 3 aromatic rings. The van der Waals surface area contributed by atoms with E-state index in [2.05, 4.69) is 40.5 Å². The summed E-state index contributed by atoms with van der Waals surface area (Å²) in [7, 11) is 0. The summed E-state index contributed by atoms with van der Waals surface area (Å²) < 4.78 is 0. The molecule has 1 heterocycles.